The molecule has 1 N–H and O–H groups in total. The van der Waals surface area contributed by atoms with Gasteiger partial charge in [-0.15, -0.1) is 0 Å². The van der Waals surface area contributed by atoms with Crippen LogP contribution in [0.5, 0.6) is 0 Å². The molecule has 2 aromatic carbocycles. The first-order valence-electron chi connectivity index (χ1n) is 6.87. The van der Waals surface area contributed by atoms with Crippen LogP contribution in [0.3, 0.4) is 0 Å². The summed E-state index contributed by atoms with van der Waals surface area (Å²) in [6.07, 6.45) is 3.07. The van der Waals surface area contributed by atoms with Crippen LogP contribution in [0.25, 0.3) is 0 Å². The minimum absolute atomic E-state index is 0.159. The highest BCUT2D eigenvalue weighted by molar-refractivity contribution is 6.31. The second-order valence-electron chi connectivity index (χ2n) is 4.88. The summed E-state index contributed by atoms with van der Waals surface area (Å²) in [7, 11) is 1.91. The molecular weight excluding hydrogens is 273 g/mol. The van der Waals surface area contributed by atoms with Crippen molar-refractivity contribution in [2.75, 3.05) is 7.05 Å². The van der Waals surface area contributed by atoms with E-state index in [1.165, 1.54) is 17.7 Å². The molecule has 0 saturated carbocycles. The molecule has 1 nitrogen and oxygen atoms in total. The fourth-order valence-corrected chi connectivity index (χ4v) is 2.69. The number of aryl methyl sites for hydroxylation is 1. The van der Waals surface area contributed by atoms with Gasteiger partial charge in [-0.25, -0.2) is 4.39 Å². The monoisotopic (exact) mass is 291 g/mol. The van der Waals surface area contributed by atoms with E-state index >= 15 is 0 Å². The Kier molecular flexibility index (Phi) is 5.57. The van der Waals surface area contributed by atoms with E-state index < -0.39 is 0 Å². The normalized spacial score (nSPS) is 12.3. The summed E-state index contributed by atoms with van der Waals surface area (Å²) in [6, 6.07) is 15.2. The molecule has 0 heterocycles. The van der Waals surface area contributed by atoms with E-state index in [4.69, 9.17) is 11.6 Å². The predicted octanol–water partition coefficient (Wildman–Crippen LogP) is 4.76. The molecule has 0 fully saturated rings. The molecule has 0 aliphatic rings. The van der Waals surface area contributed by atoms with Gasteiger partial charge in [0, 0.05) is 11.1 Å². The van der Waals surface area contributed by atoms with Crippen LogP contribution >= 0.6 is 11.6 Å². The second kappa shape index (κ2) is 7.41. The molecule has 1 unspecified atom stereocenters. The van der Waals surface area contributed by atoms with Gasteiger partial charge in [0.05, 0.1) is 0 Å². The van der Waals surface area contributed by atoms with Gasteiger partial charge in [-0.2, -0.15) is 0 Å². The summed E-state index contributed by atoms with van der Waals surface area (Å²) in [5.41, 5.74) is 2.30. The molecule has 0 aliphatic carbocycles. The first-order valence-corrected chi connectivity index (χ1v) is 7.24. The fraction of sp³-hybridized carbons (Fsp3) is 0.294. The predicted molar refractivity (Wildman–Crippen MR) is 82.6 cm³/mol. The van der Waals surface area contributed by atoms with Crippen LogP contribution in [-0.4, -0.2) is 7.05 Å². The van der Waals surface area contributed by atoms with E-state index in [1.807, 2.05) is 13.1 Å². The Morgan fingerprint density at radius 2 is 1.90 bits per heavy atom. The summed E-state index contributed by atoms with van der Waals surface area (Å²) in [5.74, 6) is -0.294. The van der Waals surface area contributed by atoms with Gasteiger partial charge < -0.3 is 5.32 Å². The average molecular weight is 292 g/mol. The molecule has 0 aliphatic heterocycles. The molecule has 2 rings (SSSR count). The topological polar surface area (TPSA) is 12.0 Å². The number of nitrogens with one attached hydrogen (secondary N) is 1. The Morgan fingerprint density at radius 3 is 2.55 bits per heavy atom. The van der Waals surface area contributed by atoms with Crippen LogP contribution in [0.1, 0.15) is 30.0 Å². The third-order valence-electron chi connectivity index (χ3n) is 3.49. The molecule has 20 heavy (non-hydrogen) atoms. The number of benzene rings is 2. The molecule has 1 atom stereocenters. The molecule has 0 amide bonds. The van der Waals surface area contributed by atoms with E-state index in [2.05, 4.69) is 29.6 Å². The Balaban J connectivity index is 1.95. The Labute approximate surface area is 124 Å². The van der Waals surface area contributed by atoms with Crippen molar-refractivity contribution in [2.45, 2.75) is 25.3 Å². The lowest BCUT2D eigenvalue weighted by atomic mass is 9.99. The van der Waals surface area contributed by atoms with Crippen LogP contribution < -0.4 is 5.32 Å². The fourth-order valence-electron chi connectivity index (χ4n) is 2.39. The van der Waals surface area contributed by atoms with Gasteiger partial charge in [-0.05, 0) is 49.6 Å². The second-order valence-corrected chi connectivity index (χ2v) is 5.29. The molecule has 106 valence electrons. The lowest BCUT2D eigenvalue weighted by molar-refractivity contribution is 0.525. The van der Waals surface area contributed by atoms with E-state index in [-0.39, 0.29) is 11.9 Å². The van der Waals surface area contributed by atoms with E-state index in [9.17, 15) is 4.39 Å². The molecular formula is C17H19ClFN. The highest BCUT2D eigenvalue weighted by Crippen LogP contribution is 2.27. The maximum atomic E-state index is 13.1. The third kappa shape index (κ3) is 4.06. The van der Waals surface area contributed by atoms with Crippen LogP contribution in [0.4, 0.5) is 4.39 Å². The van der Waals surface area contributed by atoms with Gasteiger partial charge in [0.2, 0.25) is 0 Å². The SMILES string of the molecule is CNC(CCCc1ccccc1)c1ccc(F)cc1Cl. The molecule has 0 aromatic heterocycles. The van der Waals surface area contributed by atoms with Crippen molar-refractivity contribution in [3.63, 3.8) is 0 Å². The Hall–Kier alpha value is -1.38. The van der Waals surface area contributed by atoms with Crippen LogP contribution in [0.2, 0.25) is 5.02 Å². The van der Waals surface area contributed by atoms with Gasteiger partial charge in [0.15, 0.2) is 0 Å². The van der Waals surface area contributed by atoms with Crippen molar-refractivity contribution in [3.8, 4) is 0 Å². The molecule has 0 spiro atoms. The first kappa shape index (κ1) is 15.0. The smallest absolute Gasteiger partial charge is 0.124 e. The average Bonchev–Trinajstić information content (AvgIpc) is 2.46. The highest BCUT2D eigenvalue weighted by Gasteiger charge is 2.13. The van der Waals surface area contributed by atoms with Gasteiger partial charge in [0.25, 0.3) is 0 Å². The van der Waals surface area contributed by atoms with Crippen LogP contribution in [0.15, 0.2) is 48.5 Å². The molecule has 0 bridgehead atoms. The molecule has 0 saturated heterocycles. The van der Waals surface area contributed by atoms with Crippen molar-refractivity contribution >= 4 is 11.6 Å². The summed E-state index contributed by atoms with van der Waals surface area (Å²) >= 11 is 6.12. The minimum atomic E-state index is -0.294. The lowest BCUT2D eigenvalue weighted by Crippen LogP contribution is -2.17. The van der Waals surface area contributed by atoms with Crippen molar-refractivity contribution < 1.29 is 4.39 Å². The zero-order valence-electron chi connectivity index (χ0n) is 11.6. The summed E-state index contributed by atoms with van der Waals surface area (Å²) in [5, 5.41) is 3.75. The van der Waals surface area contributed by atoms with E-state index in [1.54, 1.807) is 6.07 Å². The standard InChI is InChI=1S/C17H19ClFN/c1-20-17(15-11-10-14(19)12-16(15)18)9-5-8-13-6-3-2-4-7-13/h2-4,6-7,10-12,17,20H,5,8-9H2,1H3. The number of halogens is 2. The van der Waals surface area contributed by atoms with Crippen molar-refractivity contribution in [2.24, 2.45) is 0 Å². The first-order chi connectivity index (χ1) is 9.70. The maximum absolute atomic E-state index is 13.1. The summed E-state index contributed by atoms with van der Waals surface area (Å²) in [6.45, 7) is 0. The summed E-state index contributed by atoms with van der Waals surface area (Å²) in [4.78, 5) is 0. The zero-order chi connectivity index (χ0) is 14.4. The Morgan fingerprint density at radius 1 is 1.15 bits per heavy atom. The lowest BCUT2D eigenvalue weighted by Gasteiger charge is -2.18. The largest absolute Gasteiger partial charge is 0.313 e. The Bertz CT molecular complexity index is 542. The highest BCUT2D eigenvalue weighted by atomic mass is 35.5. The van der Waals surface area contributed by atoms with Crippen molar-refractivity contribution in [3.05, 3.63) is 70.5 Å². The van der Waals surface area contributed by atoms with Gasteiger partial charge in [-0.1, -0.05) is 48.0 Å². The summed E-state index contributed by atoms with van der Waals surface area (Å²) < 4.78 is 13.1. The molecule has 3 heteroatoms. The van der Waals surface area contributed by atoms with Gasteiger partial charge in [-0.3, -0.25) is 0 Å². The molecule has 0 radical (unpaired) electrons. The van der Waals surface area contributed by atoms with Gasteiger partial charge in [0.1, 0.15) is 5.82 Å². The maximum Gasteiger partial charge on any atom is 0.124 e. The van der Waals surface area contributed by atoms with Crippen LogP contribution in [-0.2, 0) is 6.42 Å². The van der Waals surface area contributed by atoms with E-state index in [0.29, 0.717) is 5.02 Å². The number of rotatable bonds is 6. The minimum Gasteiger partial charge on any atom is -0.313 e. The zero-order valence-corrected chi connectivity index (χ0v) is 12.3. The van der Waals surface area contributed by atoms with Gasteiger partial charge >= 0.3 is 0 Å². The number of hydrogen-bond acceptors (Lipinski definition) is 1. The van der Waals surface area contributed by atoms with Crippen molar-refractivity contribution in [1.29, 1.82) is 0 Å². The number of hydrogen-bond donors (Lipinski definition) is 1. The quantitative estimate of drug-likeness (QED) is 0.809. The van der Waals surface area contributed by atoms with E-state index in [0.717, 1.165) is 24.8 Å². The third-order valence-corrected chi connectivity index (χ3v) is 3.81. The van der Waals surface area contributed by atoms with Crippen molar-refractivity contribution in [1.82, 2.24) is 5.32 Å². The van der Waals surface area contributed by atoms with Crippen LogP contribution in [0, 0.1) is 5.82 Å². The molecule has 2 aromatic rings.